The van der Waals surface area contributed by atoms with Gasteiger partial charge in [-0.3, -0.25) is 23.8 Å². The van der Waals surface area contributed by atoms with Gasteiger partial charge in [-0.2, -0.15) is 5.10 Å². The Morgan fingerprint density at radius 2 is 1.63 bits per heavy atom. The summed E-state index contributed by atoms with van der Waals surface area (Å²) < 4.78 is 55.1. The summed E-state index contributed by atoms with van der Waals surface area (Å²) in [6.45, 7) is 7.74. The molecule has 2 rings (SSSR count). The molecule has 2 aromatic rings. The van der Waals surface area contributed by atoms with E-state index < -0.39 is 38.5 Å². The van der Waals surface area contributed by atoms with Gasteiger partial charge in [-0.1, -0.05) is 0 Å². The van der Waals surface area contributed by atoms with E-state index in [4.69, 9.17) is 13.6 Å². The lowest BCUT2D eigenvalue weighted by Gasteiger charge is -2.41. The molecule has 0 aliphatic rings. The average molecular weight is 556 g/mol. The molecule has 0 radical (unpaired) electrons. The summed E-state index contributed by atoms with van der Waals surface area (Å²) >= 11 is 0. The summed E-state index contributed by atoms with van der Waals surface area (Å²) in [5, 5.41) is 15.7. The van der Waals surface area contributed by atoms with Crippen molar-refractivity contribution in [1.82, 2.24) is 14.6 Å². The number of hydrogen-bond acceptors (Lipinski definition) is 10. The van der Waals surface area contributed by atoms with Crippen LogP contribution in [0.25, 0.3) is 5.65 Å². The van der Waals surface area contributed by atoms with Crippen LogP contribution in [-0.4, -0.2) is 60.4 Å². The fourth-order valence-corrected chi connectivity index (χ4v) is 13.2. The lowest BCUT2D eigenvalue weighted by Crippen LogP contribution is -2.33. The van der Waals surface area contributed by atoms with Gasteiger partial charge in [0.05, 0.1) is 24.7 Å². The number of hydrogen-bond donors (Lipinski definition) is 2. The van der Waals surface area contributed by atoms with Gasteiger partial charge in [0, 0.05) is 18.1 Å². The monoisotopic (exact) mass is 556 g/mol. The van der Waals surface area contributed by atoms with Crippen molar-refractivity contribution in [3.05, 3.63) is 33.3 Å². The molecule has 2 aromatic heterocycles. The van der Waals surface area contributed by atoms with E-state index in [0.717, 1.165) is 6.66 Å². The van der Waals surface area contributed by atoms with Crippen molar-refractivity contribution in [1.29, 1.82) is 0 Å². The lowest BCUT2D eigenvalue weighted by atomic mass is 10.2. The summed E-state index contributed by atoms with van der Waals surface area (Å²) in [7, 11) is -14.7. The Balaban J connectivity index is 2.82. The fourth-order valence-electron chi connectivity index (χ4n) is 4.03. The standard InChI is InChI=1S/C18H31N4O10P3/c1-7-30-33(6,25)18(34(26,27)28,35(29,31-8-2)32-9-3)11-10-15-12-13(4)19-17-16(22(23)24)14(5)20-21(15)17/h12H,7-11H2,1-6H3,(H2,26,27,28). The van der Waals surface area contributed by atoms with E-state index >= 15 is 0 Å². The molecule has 2 N–H and O–H groups in total. The number of nitro groups is 1. The van der Waals surface area contributed by atoms with E-state index in [9.17, 15) is 33.6 Å². The maximum absolute atomic E-state index is 14.0. The minimum absolute atomic E-state index is 0.0634. The summed E-state index contributed by atoms with van der Waals surface area (Å²) in [6.07, 6.45) is -0.925. The van der Waals surface area contributed by atoms with Gasteiger partial charge >= 0.3 is 20.9 Å². The van der Waals surface area contributed by atoms with Crippen molar-refractivity contribution in [2.45, 2.75) is 52.1 Å². The number of aromatic nitrogens is 3. The Hall–Kier alpha value is -1.49. The van der Waals surface area contributed by atoms with Gasteiger partial charge in [-0.05, 0) is 53.5 Å². The molecule has 198 valence electrons. The molecule has 0 aliphatic carbocycles. The first kappa shape index (κ1) is 29.7. The van der Waals surface area contributed by atoms with Crippen LogP contribution < -0.4 is 0 Å². The molecule has 0 aliphatic heterocycles. The topological polar surface area (TPSA) is 193 Å². The molecule has 0 fully saturated rings. The number of aryl methyl sites for hydroxylation is 3. The van der Waals surface area contributed by atoms with Crippen LogP contribution in [0.15, 0.2) is 6.07 Å². The zero-order valence-electron chi connectivity index (χ0n) is 20.4. The lowest BCUT2D eigenvalue weighted by molar-refractivity contribution is -0.383. The highest BCUT2D eigenvalue weighted by Gasteiger charge is 2.71. The van der Waals surface area contributed by atoms with Crippen molar-refractivity contribution in [2.24, 2.45) is 0 Å². The van der Waals surface area contributed by atoms with Crippen LogP contribution in [0.1, 0.15) is 44.3 Å². The van der Waals surface area contributed by atoms with Crippen molar-refractivity contribution in [3.63, 3.8) is 0 Å². The summed E-state index contributed by atoms with van der Waals surface area (Å²) in [5.41, 5.74) is 0.338. The van der Waals surface area contributed by atoms with E-state index in [2.05, 4.69) is 10.1 Å². The summed E-state index contributed by atoms with van der Waals surface area (Å²) in [4.78, 5) is 36.2. The number of nitrogens with zero attached hydrogens (tertiary/aromatic N) is 4. The number of rotatable bonds is 13. The van der Waals surface area contributed by atoms with E-state index in [0.29, 0.717) is 5.69 Å². The summed E-state index contributed by atoms with van der Waals surface area (Å²) in [6, 6.07) is 1.52. The van der Waals surface area contributed by atoms with E-state index in [-0.39, 0.29) is 49.0 Å². The second-order valence-corrected chi connectivity index (χ2v) is 15.6. The molecule has 17 heteroatoms. The van der Waals surface area contributed by atoms with Gasteiger partial charge in [0.15, 0.2) is 0 Å². The van der Waals surface area contributed by atoms with Crippen LogP contribution in [0.3, 0.4) is 0 Å². The molecular weight excluding hydrogens is 525 g/mol. The van der Waals surface area contributed by atoms with Crippen molar-refractivity contribution in [2.75, 3.05) is 26.5 Å². The van der Waals surface area contributed by atoms with Gasteiger partial charge in [0.25, 0.3) is 0 Å². The van der Waals surface area contributed by atoms with E-state index in [1.165, 1.54) is 38.3 Å². The molecule has 0 bridgehead atoms. The predicted octanol–water partition coefficient (Wildman–Crippen LogP) is 4.23. The van der Waals surface area contributed by atoms with Crippen LogP contribution in [0.5, 0.6) is 0 Å². The quantitative estimate of drug-likeness (QED) is 0.203. The van der Waals surface area contributed by atoms with Crippen LogP contribution >= 0.6 is 22.6 Å². The summed E-state index contributed by atoms with van der Waals surface area (Å²) in [5.74, 6) is 0. The van der Waals surface area contributed by atoms with E-state index in [1.54, 1.807) is 6.92 Å². The maximum atomic E-state index is 14.0. The smallest absolute Gasteiger partial charge is 0.328 e. The van der Waals surface area contributed by atoms with Crippen LogP contribution in [0.2, 0.25) is 0 Å². The third-order valence-corrected chi connectivity index (χ3v) is 16.3. The minimum atomic E-state index is -5.52. The Bertz CT molecular complexity index is 1230. The molecule has 0 amide bonds. The number of fused-ring (bicyclic) bond motifs is 1. The van der Waals surface area contributed by atoms with Gasteiger partial charge in [-0.25, -0.2) is 9.50 Å². The van der Waals surface area contributed by atoms with Gasteiger partial charge in [0.2, 0.25) is 17.7 Å². The molecule has 0 saturated carbocycles. The highest BCUT2D eigenvalue weighted by atomic mass is 31.3. The Labute approximate surface area is 202 Å². The molecule has 35 heavy (non-hydrogen) atoms. The third kappa shape index (κ3) is 5.31. The highest BCUT2D eigenvalue weighted by molar-refractivity contribution is 7.91. The zero-order valence-corrected chi connectivity index (χ0v) is 23.1. The van der Waals surface area contributed by atoms with Crippen LogP contribution in [0.4, 0.5) is 5.69 Å². The van der Waals surface area contributed by atoms with Crippen molar-refractivity contribution < 1.29 is 42.0 Å². The zero-order chi connectivity index (χ0) is 26.8. The first-order valence-corrected chi connectivity index (χ1v) is 16.0. The second kappa shape index (κ2) is 10.9. The van der Waals surface area contributed by atoms with Gasteiger partial charge in [-0.15, -0.1) is 0 Å². The van der Waals surface area contributed by atoms with Gasteiger partial charge in [0.1, 0.15) is 5.69 Å². The maximum Gasteiger partial charge on any atom is 0.358 e. The second-order valence-electron chi connectivity index (χ2n) is 7.73. The normalized spacial score (nSPS) is 16.2. The molecule has 0 spiro atoms. The minimum Gasteiger partial charge on any atom is -0.328 e. The highest BCUT2D eigenvalue weighted by Crippen LogP contribution is 2.88. The molecule has 2 unspecified atom stereocenters. The molecular formula is C18H31N4O10P3. The average Bonchev–Trinajstić information content (AvgIpc) is 3.03. The third-order valence-electron chi connectivity index (χ3n) is 5.36. The molecule has 14 nitrogen and oxygen atoms in total. The fraction of sp³-hybridized carbons (Fsp3) is 0.667. The Morgan fingerprint density at radius 3 is 2.09 bits per heavy atom. The Morgan fingerprint density at radius 1 is 1.09 bits per heavy atom. The molecule has 2 atom stereocenters. The van der Waals surface area contributed by atoms with E-state index in [1.807, 2.05) is 0 Å². The Kier molecular flexibility index (Phi) is 9.23. The first-order chi connectivity index (χ1) is 16.1. The van der Waals surface area contributed by atoms with Crippen molar-refractivity contribution >= 4 is 33.9 Å². The predicted molar refractivity (Wildman–Crippen MR) is 128 cm³/mol. The van der Waals surface area contributed by atoms with Crippen molar-refractivity contribution in [3.8, 4) is 0 Å². The van der Waals surface area contributed by atoms with Crippen LogP contribution in [-0.2, 0) is 33.7 Å². The molecule has 0 saturated heterocycles. The first-order valence-electron chi connectivity index (χ1n) is 10.8. The molecule has 2 heterocycles. The van der Waals surface area contributed by atoms with Crippen LogP contribution in [0, 0.1) is 24.0 Å². The molecule has 0 aromatic carbocycles. The van der Waals surface area contributed by atoms with Gasteiger partial charge < -0.3 is 23.4 Å². The SMILES string of the molecule is CCOP(C)(=O)C(CCc1cc(C)nc2c([N+](=O)[O-])c(C)nn12)(P(=O)(O)O)P(=O)(OCC)OCC. The largest absolute Gasteiger partial charge is 0.358 e.